The lowest BCUT2D eigenvalue weighted by Gasteiger charge is -2.24. The number of hydrogen-bond acceptors (Lipinski definition) is 6. The van der Waals surface area contributed by atoms with Crippen molar-refractivity contribution >= 4 is 17.7 Å². The molecule has 2 heterocycles. The van der Waals surface area contributed by atoms with Crippen LogP contribution in [-0.4, -0.2) is 43.4 Å². The Kier molecular flexibility index (Phi) is 7.00. The second kappa shape index (κ2) is 9.56. The predicted molar refractivity (Wildman–Crippen MR) is 126 cm³/mol. The smallest absolute Gasteiger partial charge is 0.410 e. The van der Waals surface area contributed by atoms with Crippen LogP contribution in [0.3, 0.4) is 0 Å². The fraction of sp³-hybridized carbons (Fsp3) is 0.417. The fourth-order valence-electron chi connectivity index (χ4n) is 3.09. The van der Waals surface area contributed by atoms with Gasteiger partial charge in [0.05, 0.1) is 17.6 Å². The van der Waals surface area contributed by atoms with Gasteiger partial charge in [0.25, 0.3) is 0 Å². The minimum Gasteiger partial charge on any atom is -0.444 e. The molecular formula is C24H31FN6O2. The van der Waals surface area contributed by atoms with Crippen LogP contribution in [-0.2, 0) is 11.3 Å². The number of anilines is 2. The van der Waals surface area contributed by atoms with E-state index in [1.165, 1.54) is 11.0 Å². The van der Waals surface area contributed by atoms with E-state index in [0.717, 1.165) is 16.8 Å². The topological polar surface area (TPSA) is 85.2 Å². The van der Waals surface area contributed by atoms with E-state index in [4.69, 9.17) is 4.74 Å². The van der Waals surface area contributed by atoms with Crippen LogP contribution in [0.25, 0.3) is 11.3 Å². The molecule has 176 valence electrons. The van der Waals surface area contributed by atoms with Crippen LogP contribution in [0, 0.1) is 12.7 Å². The van der Waals surface area contributed by atoms with Crippen molar-refractivity contribution in [3.63, 3.8) is 0 Å². The van der Waals surface area contributed by atoms with Crippen molar-refractivity contribution in [1.82, 2.24) is 24.6 Å². The fourth-order valence-corrected chi connectivity index (χ4v) is 3.09. The Morgan fingerprint density at radius 3 is 2.61 bits per heavy atom. The monoisotopic (exact) mass is 454 g/mol. The van der Waals surface area contributed by atoms with Gasteiger partial charge in [0.15, 0.2) is 0 Å². The van der Waals surface area contributed by atoms with Crippen molar-refractivity contribution in [3.8, 4) is 11.3 Å². The maximum absolute atomic E-state index is 14.8. The van der Waals surface area contributed by atoms with Gasteiger partial charge in [-0.2, -0.15) is 5.10 Å². The number of carbonyl (C=O) groups is 1. The lowest BCUT2D eigenvalue weighted by molar-refractivity contribution is 0.0285. The second-order valence-electron chi connectivity index (χ2n) is 9.30. The van der Waals surface area contributed by atoms with Gasteiger partial charge in [0, 0.05) is 37.6 Å². The molecule has 0 radical (unpaired) electrons. The number of carbonyl (C=O) groups excluding carboxylic acids is 1. The highest BCUT2D eigenvalue weighted by Crippen LogP contribution is 2.25. The molecule has 8 nitrogen and oxygen atoms in total. The molecule has 0 atom stereocenters. The third-order valence-corrected chi connectivity index (χ3v) is 4.78. The molecule has 2 aromatic heterocycles. The van der Waals surface area contributed by atoms with Crippen LogP contribution in [0.4, 0.5) is 20.8 Å². The van der Waals surface area contributed by atoms with Crippen molar-refractivity contribution in [1.29, 1.82) is 0 Å². The minimum absolute atomic E-state index is 0.219. The Labute approximate surface area is 193 Å². The van der Waals surface area contributed by atoms with Gasteiger partial charge in [0.2, 0.25) is 5.95 Å². The van der Waals surface area contributed by atoms with Crippen molar-refractivity contribution in [2.75, 3.05) is 12.4 Å². The standard InChI is InChI=1S/C24H31FN6O2/c1-15(2)31-14-18(12-27-31)21-16(3)11-26-22(29-21)28-20-9-8-17(10-19(20)25)13-30(7)23(32)33-24(4,5)6/h8-12,14-15H,13H2,1-7H3,(H,26,28,29). The summed E-state index contributed by atoms with van der Waals surface area (Å²) in [6.45, 7) is 11.6. The second-order valence-corrected chi connectivity index (χ2v) is 9.30. The van der Waals surface area contributed by atoms with Gasteiger partial charge in [-0.3, -0.25) is 4.68 Å². The van der Waals surface area contributed by atoms with Gasteiger partial charge in [-0.15, -0.1) is 0 Å². The largest absolute Gasteiger partial charge is 0.444 e. The van der Waals surface area contributed by atoms with E-state index in [2.05, 4.69) is 20.4 Å². The van der Waals surface area contributed by atoms with Gasteiger partial charge >= 0.3 is 6.09 Å². The number of nitrogens with zero attached hydrogens (tertiary/aromatic N) is 5. The molecule has 1 aromatic carbocycles. The molecule has 0 aliphatic heterocycles. The van der Waals surface area contributed by atoms with Crippen LogP contribution < -0.4 is 5.32 Å². The zero-order chi connectivity index (χ0) is 24.3. The molecule has 33 heavy (non-hydrogen) atoms. The number of aryl methyl sites for hydroxylation is 1. The summed E-state index contributed by atoms with van der Waals surface area (Å²) < 4.78 is 22.0. The number of rotatable bonds is 6. The molecule has 0 saturated carbocycles. The first-order valence-corrected chi connectivity index (χ1v) is 10.8. The average molecular weight is 455 g/mol. The van der Waals surface area contributed by atoms with Gasteiger partial charge in [-0.25, -0.2) is 19.2 Å². The van der Waals surface area contributed by atoms with Crippen LogP contribution in [0.15, 0.2) is 36.8 Å². The number of halogens is 1. The molecule has 9 heteroatoms. The van der Waals surface area contributed by atoms with E-state index in [1.807, 2.05) is 31.6 Å². The van der Waals surface area contributed by atoms with E-state index in [1.54, 1.807) is 52.3 Å². The number of ether oxygens (including phenoxy) is 1. The predicted octanol–water partition coefficient (Wildman–Crippen LogP) is 5.48. The van der Waals surface area contributed by atoms with Crippen molar-refractivity contribution in [2.45, 2.75) is 59.7 Å². The van der Waals surface area contributed by atoms with Crippen molar-refractivity contribution in [3.05, 3.63) is 53.7 Å². The maximum atomic E-state index is 14.8. The molecule has 0 aliphatic carbocycles. The highest BCUT2D eigenvalue weighted by atomic mass is 19.1. The molecule has 3 rings (SSSR count). The van der Waals surface area contributed by atoms with Crippen LogP contribution in [0.5, 0.6) is 0 Å². The number of hydrogen-bond donors (Lipinski definition) is 1. The first-order chi connectivity index (χ1) is 15.4. The highest BCUT2D eigenvalue weighted by Gasteiger charge is 2.20. The minimum atomic E-state index is -0.593. The summed E-state index contributed by atoms with van der Waals surface area (Å²) in [4.78, 5) is 22.4. The molecule has 0 aliphatic rings. The zero-order valence-electron chi connectivity index (χ0n) is 20.2. The molecule has 1 N–H and O–H groups in total. The zero-order valence-corrected chi connectivity index (χ0v) is 20.2. The Morgan fingerprint density at radius 1 is 1.27 bits per heavy atom. The molecule has 3 aromatic rings. The lowest BCUT2D eigenvalue weighted by Crippen LogP contribution is -2.33. The summed E-state index contributed by atoms with van der Waals surface area (Å²) in [6, 6.07) is 4.97. The van der Waals surface area contributed by atoms with Crippen LogP contribution in [0.1, 0.15) is 51.8 Å². The first-order valence-electron chi connectivity index (χ1n) is 10.8. The molecule has 0 spiro atoms. The van der Waals surface area contributed by atoms with Crippen molar-refractivity contribution in [2.24, 2.45) is 0 Å². The summed E-state index contributed by atoms with van der Waals surface area (Å²) in [5.74, 6) is -0.186. The van der Waals surface area contributed by atoms with Crippen molar-refractivity contribution < 1.29 is 13.9 Å². The summed E-state index contributed by atoms with van der Waals surface area (Å²) in [6.07, 6.45) is 4.92. The summed E-state index contributed by atoms with van der Waals surface area (Å²) in [5, 5.41) is 7.31. The van der Waals surface area contributed by atoms with E-state index in [0.29, 0.717) is 5.56 Å². The lowest BCUT2D eigenvalue weighted by atomic mass is 10.1. The first kappa shape index (κ1) is 24.2. The summed E-state index contributed by atoms with van der Waals surface area (Å²) >= 11 is 0. The summed E-state index contributed by atoms with van der Waals surface area (Å²) in [7, 11) is 1.61. The molecule has 0 saturated heterocycles. The van der Waals surface area contributed by atoms with Gasteiger partial charge in [0.1, 0.15) is 11.4 Å². The molecule has 0 unspecified atom stereocenters. The molecular weight excluding hydrogens is 423 g/mol. The Bertz CT molecular complexity index is 1140. The van der Waals surface area contributed by atoms with Gasteiger partial charge in [-0.05, 0) is 64.8 Å². The Hall–Kier alpha value is -3.49. The normalized spacial score (nSPS) is 11.5. The van der Waals surface area contributed by atoms with Gasteiger partial charge < -0.3 is 15.0 Å². The molecule has 0 fully saturated rings. The number of benzene rings is 1. The Morgan fingerprint density at radius 2 is 2.00 bits per heavy atom. The number of amides is 1. The third kappa shape index (κ3) is 6.27. The van der Waals surface area contributed by atoms with E-state index in [-0.39, 0.29) is 24.2 Å². The van der Waals surface area contributed by atoms with E-state index < -0.39 is 17.5 Å². The van der Waals surface area contributed by atoms with E-state index >= 15 is 0 Å². The van der Waals surface area contributed by atoms with Gasteiger partial charge in [-0.1, -0.05) is 6.07 Å². The molecule has 0 bridgehead atoms. The quantitative estimate of drug-likeness (QED) is 0.531. The average Bonchev–Trinajstić information content (AvgIpc) is 3.20. The number of nitrogens with one attached hydrogen (secondary N) is 1. The Balaban J connectivity index is 1.74. The highest BCUT2D eigenvalue weighted by molar-refractivity contribution is 5.68. The number of aromatic nitrogens is 4. The molecule has 1 amide bonds. The maximum Gasteiger partial charge on any atom is 0.410 e. The SMILES string of the molecule is Cc1cnc(Nc2ccc(CN(C)C(=O)OC(C)(C)C)cc2F)nc1-c1cnn(C(C)C)c1. The summed E-state index contributed by atoms with van der Waals surface area (Å²) in [5.41, 5.74) is 2.78. The van der Waals surface area contributed by atoms with Crippen LogP contribution >= 0.6 is 0 Å². The van der Waals surface area contributed by atoms with E-state index in [9.17, 15) is 9.18 Å². The third-order valence-electron chi connectivity index (χ3n) is 4.78. The van der Waals surface area contributed by atoms with Crippen LogP contribution in [0.2, 0.25) is 0 Å².